The summed E-state index contributed by atoms with van der Waals surface area (Å²) in [6, 6.07) is 7.00. The third-order valence-electron chi connectivity index (χ3n) is 5.70. The van der Waals surface area contributed by atoms with Gasteiger partial charge in [0.2, 0.25) is 5.91 Å². The molecule has 1 fully saturated rings. The predicted molar refractivity (Wildman–Crippen MR) is 123 cm³/mol. The molecule has 1 aliphatic rings. The number of thiocarbonyl (C=S) groups is 1. The quantitative estimate of drug-likeness (QED) is 0.294. The van der Waals surface area contributed by atoms with Gasteiger partial charge in [0.15, 0.2) is 13.4 Å². The highest BCUT2D eigenvalue weighted by atomic mass is 35.5. The number of nitrogens with one attached hydrogen (secondary N) is 1. The van der Waals surface area contributed by atoms with Gasteiger partial charge in [-0.2, -0.15) is 0 Å². The molecule has 1 N–H and O–H groups in total. The average Bonchev–Trinajstić information content (AvgIpc) is 2.55. The summed E-state index contributed by atoms with van der Waals surface area (Å²) in [4.78, 5) is 14.5. The molecule has 7 heteroatoms. The Morgan fingerprint density at radius 1 is 1.39 bits per heavy atom. The molecule has 0 aliphatic carbocycles. The van der Waals surface area contributed by atoms with E-state index in [1.54, 1.807) is 17.0 Å². The van der Waals surface area contributed by atoms with E-state index in [2.05, 4.69) is 45.1 Å². The Bertz CT molecular complexity index is 783. The van der Waals surface area contributed by atoms with Crippen LogP contribution in [0.15, 0.2) is 24.3 Å². The number of terminal acetylenes is 1. The van der Waals surface area contributed by atoms with Crippen molar-refractivity contribution >= 4 is 48.8 Å². The van der Waals surface area contributed by atoms with Gasteiger partial charge in [-0.15, -0.1) is 12.3 Å². The van der Waals surface area contributed by atoms with Gasteiger partial charge in [0.25, 0.3) is 0 Å². The van der Waals surface area contributed by atoms with E-state index in [1.165, 1.54) is 0 Å². The summed E-state index contributed by atoms with van der Waals surface area (Å²) in [7, 11) is -1.99. The summed E-state index contributed by atoms with van der Waals surface area (Å²) in [6.07, 6.45) is 5.80. The fourth-order valence-electron chi connectivity index (χ4n) is 3.10. The van der Waals surface area contributed by atoms with Crippen LogP contribution in [0.5, 0.6) is 0 Å². The Morgan fingerprint density at radius 2 is 1.96 bits per heavy atom. The zero-order chi connectivity index (χ0) is 21.3. The normalized spacial score (nSPS) is 20.9. The summed E-state index contributed by atoms with van der Waals surface area (Å²) in [5, 5.41) is 4.16. The van der Waals surface area contributed by atoms with Crippen LogP contribution in [0.1, 0.15) is 34.1 Å². The van der Waals surface area contributed by atoms with Crippen LogP contribution in [0, 0.1) is 18.3 Å². The minimum atomic E-state index is -1.99. The number of nitrogens with zero attached hydrogens (tertiary/aromatic N) is 1. The molecule has 3 atom stereocenters. The molecule has 152 valence electrons. The van der Waals surface area contributed by atoms with Crippen molar-refractivity contribution in [2.75, 3.05) is 5.32 Å². The number of anilines is 1. The van der Waals surface area contributed by atoms with Crippen LogP contribution in [0.3, 0.4) is 0 Å². The summed E-state index contributed by atoms with van der Waals surface area (Å²) < 4.78 is 6.46. The molecular weight excluding hydrogens is 408 g/mol. The maximum absolute atomic E-state index is 13.0. The first kappa shape index (κ1) is 22.9. The second kappa shape index (κ2) is 8.54. The van der Waals surface area contributed by atoms with Crippen molar-refractivity contribution in [2.24, 2.45) is 5.92 Å². The van der Waals surface area contributed by atoms with E-state index in [4.69, 9.17) is 34.7 Å². The van der Waals surface area contributed by atoms with Gasteiger partial charge in [0.1, 0.15) is 0 Å². The molecule has 0 spiro atoms. The molecule has 0 radical (unpaired) electrons. The minimum Gasteiger partial charge on any atom is -0.413 e. The molecule has 28 heavy (non-hydrogen) atoms. The zero-order valence-electron chi connectivity index (χ0n) is 17.4. The van der Waals surface area contributed by atoms with Gasteiger partial charge in [-0.05, 0) is 61.5 Å². The van der Waals surface area contributed by atoms with Crippen molar-refractivity contribution in [1.82, 2.24) is 4.90 Å². The van der Waals surface area contributed by atoms with Crippen LogP contribution in [-0.2, 0) is 9.22 Å². The number of β-lactam (4-membered cyclic amide) rings is 1. The second-order valence-corrected chi connectivity index (χ2v) is 14.3. The summed E-state index contributed by atoms with van der Waals surface area (Å²) in [6.45, 7) is 12.9. The van der Waals surface area contributed by atoms with Crippen molar-refractivity contribution in [2.45, 2.75) is 64.4 Å². The van der Waals surface area contributed by atoms with Crippen LogP contribution < -0.4 is 5.32 Å². The Labute approximate surface area is 180 Å². The highest BCUT2D eigenvalue weighted by molar-refractivity contribution is 7.80. The van der Waals surface area contributed by atoms with Gasteiger partial charge < -0.3 is 9.74 Å². The Balaban J connectivity index is 2.12. The van der Waals surface area contributed by atoms with Gasteiger partial charge in [-0.1, -0.05) is 32.4 Å². The average molecular weight is 437 g/mol. The third-order valence-corrected chi connectivity index (χ3v) is 10.8. The fraction of sp³-hybridized carbons (Fsp3) is 0.524. The van der Waals surface area contributed by atoms with E-state index in [0.717, 1.165) is 5.69 Å². The molecule has 0 saturated carbocycles. The van der Waals surface area contributed by atoms with E-state index in [-0.39, 0.29) is 29.0 Å². The highest BCUT2D eigenvalue weighted by Crippen LogP contribution is 2.41. The van der Waals surface area contributed by atoms with Gasteiger partial charge >= 0.3 is 0 Å². The van der Waals surface area contributed by atoms with Crippen LogP contribution in [-0.4, -0.2) is 36.4 Å². The minimum absolute atomic E-state index is 0.0436. The largest absolute Gasteiger partial charge is 0.413 e. The number of amides is 1. The zero-order valence-corrected chi connectivity index (χ0v) is 19.9. The fourth-order valence-corrected chi connectivity index (χ4v) is 5.00. The first-order valence-electron chi connectivity index (χ1n) is 9.40. The molecule has 1 saturated heterocycles. The number of hydrogen-bond acceptors (Lipinski definition) is 3. The van der Waals surface area contributed by atoms with Gasteiger partial charge in [0.05, 0.1) is 18.1 Å². The van der Waals surface area contributed by atoms with E-state index in [0.29, 0.717) is 16.6 Å². The summed E-state index contributed by atoms with van der Waals surface area (Å²) >= 11 is 11.4. The third kappa shape index (κ3) is 4.77. The lowest BCUT2D eigenvalue weighted by atomic mass is 9.82. The number of rotatable bonds is 5. The van der Waals surface area contributed by atoms with Gasteiger partial charge in [-0.3, -0.25) is 9.69 Å². The highest BCUT2D eigenvalue weighted by Gasteiger charge is 2.53. The smallest absolute Gasteiger partial charge is 0.236 e. The number of carbonyl (C=O) groups excluding carboxylic acids is 1. The predicted octanol–water partition coefficient (Wildman–Crippen LogP) is 5.30. The van der Waals surface area contributed by atoms with Crippen molar-refractivity contribution in [3.63, 3.8) is 0 Å². The number of carbonyl (C=O) groups is 1. The molecule has 1 aliphatic heterocycles. The first-order chi connectivity index (χ1) is 12.9. The van der Waals surface area contributed by atoms with E-state index < -0.39 is 8.32 Å². The van der Waals surface area contributed by atoms with E-state index >= 15 is 0 Å². The molecule has 0 bridgehead atoms. The number of benzene rings is 1. The molecule has 0 aromatic heterocycles. The summed E-state index contributed by atoms with van der Waals surface area (Å²) in [5.74, 6) is 2.36. The molecule has 4 nitrogen and oxygen atoms in total. The number of likely N-dealkylation sites (tertiary alicyclic amines) is 1. The molecule has 1 amide bonds. The number of hydrogen-bond donors (Lipinski definition) is 1. The standard InChI is InChI=1S/C21H29ClN2O2SSi/c1-8-9-17-18(14(2)26-28(6,7)21(3,4)5)19(25)24(17)20(27)23-16-12-10-15(22)11-13-16/h1,10-14,17-18H,9H2,2-7H3,(H,23,27)/t14-,17-,18-/m1/s1. The van der Waals surface area contributed by atoms with Crippen molar-refractivity contribution in [1.29, 1.82) is 0 Å². The maximum atomic E-state index is 13.0. The van der Waals surface area contributed by atoms with Gasteiger partial charge in [-0.25, -0.2) is 0 Å². The Kier molecular flexibility index (Phi) is 6.98. The lowest BCUT2D eigenvalue weighted by molar-refractivity contribution is -0.153. The number of halogens is 1. The lowest BCUT2D eigenvalue weighted by Gasteiger charge is -2.50. The molecule has 1 aromatic carbocycles. The van der Waals surface area contributed by atoms with Crippen molar-refractivity contribution in [3.8, 4) is 12.3 Å². The molecule has 0 unspecified atom stereocenters. The molecule has 2 rings (SSSR count). The van der Waals surface area contributed by atoms with Crippen molar-refractivity contribution in [3.05, 3.63) is 29.3 Å². The first-order valence-corrected chi connectivity index (χ1v) is 13.1. The summed E-state index contributed by atoms with van der Waals surface area (Å²) in [5.41, 5.74) is 0.774. The van der Waals surface area contributed by atoms with Crippen molar-refractivity contribution < 1.29 is 9.22 Å². The SMILES string of the molecule is C#CC[C@@H]1[C@@H]([C@@H](C)O[Si](C)(C)C(C)(C)C)C(=O)N1C(=S)Nc1ccc(Cl)cc1. The van der Waals surface area contributed by atoms with Crippen LogP contribution >= 0.6 is 23.8 Å². The Morgan fingerprint density at radius 3 is 2.46 bits per heavy atom. The van der Waals surface area contributed by atoms with Crippen LogP contribution in [0.2, 0.25) is 23.2 Å². The van der Waals surface area contributed by atoms with E-state index in [9.17, 15) is 4.79 Å². The van der Waals surface area contributed by atoms with E-state index in [1.807, 2.05) is 19.1 Å². The second-order valence-electron chi connectivity index (χ2n) is 8.73. The van der Waals surface area contributed by atoms with Crippen LogP contribution in [0.4, 0.5) is 5.69 Å². The van der Waals surface area contributed by atoms with Gasteiger partial charge in [0, 0.05) is 17.1 Å². The molecular formula is C21H29ClN2O2SSi. The molecule has 1 aromatic rings. The lowest BCUT2D eigenvalue weighted by Crippen LogP contribution is -2.67. The monoisotopic (exact) mass is 436 g/mol. The molecule has 1 heterocycles. The Hall–Kier alpha value is -1.39. The topological polar surface area (TPSA) is 41.6 Å². The maximum Gasteiger partial charge on any atom is 0.236 e. The van der Waals surface area contributed by atoms with Crippen LogP contribution in [0.25, 0.3) is 0 Å².